The molecule has 4 nitrogen and oxygen atoms in total. The molecule has 4 heteroatoms. The molecule has 0 saturated heterocycles. The highest BCUT2D eigenvalue weighted by atomic mass is 16.5. The van der Waals surface area contributed by atoms with Crippen molar-refractivity contribution in [3.63, 3.8) is 0 Å². The number of aliphatic hydroxyl groups is 1. The monoisotopic (exact) mass is 295 g/mol. The fourth-order valence-electron chi connectivity index (χ4n) is 1.78. The van der Waals surface area contributed by atoms with E-state index in [1.807, 2.05) is 42.5 Å². The van der Waals surface area contributed by atoms with Gasteiger partial charge in [0.25, 0.3) is 0 Å². The molecule has 0 fully saturated rings. The van der Waals surface area contributed by atoms with Crippen LogP contribution in [-0.2, 0) is 11.3 Å². The van der Waals surface area contributed by atoms with Gasteiger partial charge in [-0.15, -0.1) is 0 Å². The second-order valence-electron chi connectivity index (χ2n) is 4.51. The van der Waals surface area contributed by atoms with E-state index in [0.29, 0.717) is 17.7 Å². The third kappa shape index (κ3) is 4.97. The molecule has 0 unspecified atom stereocenters. The first-order valence-electron chi connectivity index (χ1n) is 6.96. The highest BCUT2D eigenvalue weighted by Gasteiger charge is 2.06. The Morgan fingerprint density at radius 3 is 2.59 bits per heavy atom. The Morgan fingerprint density at radius 2 is 1.82 bits per heavy atom. The lowest BCUT2D eigenvalue weighted by Crippen LogP contribution is -2.14. The summed E-state index contributed by atoms with van der Waals surface area (Å²) in [7, 11) is 0. The molecule has 2 rings (SSSR count). The number of anilines is 1. The quantitative estimate of drug-likeness (QED) is 0.852. The number of amides is 1. The summed E-state index contributed by atoms with van der Waals surface area (Å²) in [6, 6.07) is 16.7. The van der Waals surface area contributed by atoms with Crippen LogP contribution in [0.5, 0.6) is 0 Å². The topological polar surface area (TPSA) is 58.6 Å². The van der Waals surface area contributed by atoms with Crippen LogP contribution in [0.15, 0.2) is 54.6 Å². The Kier molecular flexibility index (Phi) is 6.03. The smallest absolute Gasteiger partial charge is 0.411 e. The van der Waals surface area contributed by atoms with Crippen LogP contribution in [0.1, 0.15) is 17.5 Å². The Labute approximate surface area is 129 Å². The lowest BCUT2D eigenvalue weighted by atomic mass is 10.2. The molecular formula is C18H17NO3. The molecule has 112 valence electrons. The Bertz CT molecular complexity index is 671. The van der Waals surface area contributed by atoms with Gasteiger partial charge in [0.2, 0.25) is 0 Å². The van der Waals surface area contributed by atoms with Gasteiger partial charge in [-0.3, -0.25) is 5.32 Å². The van der Waals surface area contributed by atoms with Crippen molar-refractivity contribution in [2.75, 3.05) is 11.9 Å². The van der Waals surface area contributed by atoms with Crippen molar-refractivity contribution in [1.82, 2.24) is 0 Å². The molecule has 0 aliphatic rings. The number of carbonyl (C=O) groups is 1. The zero-order valence-electron chi connectivity index (χ0n) is 12.1. The van der Waals surface area contributed by atoms with Gasteiger partial charge in [0.1, 0.15) is 6.61 Å². The molecule has 0 aromatic heterocycles. The summed E-state index contributed by atoms with van der Waals surface area (Å²) < 4.78 is 5.17. The van der Waals surface area contributed by atoms with Crippen LogP contribution in [0.4, 0.5) is 10.5 Å². The molecule has 0 heterocycles. The largest absolute Gasteiger partial charge is 0.444 e. The summed E-state index contributed by atoms with van der Waals surface area (Å²) >= 11 is 0. The minimum absolute atomic E-state index is 0.0156. The molecule has 1 amide bonds. The highest BCUT2D eigenvalue weighted by Crippen LogP contribution is 2.14. The molecule has 2 N–H and O–H groups in total. The van der Waals surface area contributed by atoms with Gasteiger partial charge in [-0.05, 0) is 17.7 Å². The van der Waals surface area contributed by atoms with Crippen molar-refractivity contribution in [3.05, 3.63) is 65.7 Å². The van der Waals surface area contributed by atoms with Crippen molar-refractivity contribution in [1.29, 1.82) is 0 Å². The standard InChI is InChI=1S/C18H17NO3/c20-13-7-6-11-16-10-4-5-12-17(16)19-18(21)22-14-15-8-2-1-3-9-15/h1-5,8-10,12,20H,7,13-14H2,(H,19,21). The van der Waals surface area contributed by atoms with Gasteiger partial charge in [0.15, 0.2) is 0 Å². The van der Waals surface area contributed by atoms with E-state index in [9.17, 15) is 4.79 Å². The van der Waals surface area contributed by atoms with Crippen molar-refractivity contribution in [2.24, 2.45) is 0 Å². The van der Waals surface area contributed by atoms with Crippen LogP contribution in [0, 0.1) is 11.8 Å². The van der Waals surface area contributed by atoms with E-state index < -0.39 is 6.09 Å². The average molecular weight is 295 g/mol. The van der Waals surface area contributed by atoms with E-state index >= 15 is 0 Å². The van der Waals surface area contributed by atoms with Gasteiger partial charge in [-0.1, -0.05) is 54.3 Å². The van der Waals surface area contributed by atoms with E-state index in [-0.39, 0.29) is 13.2 Å². The molecule has 0 saturated carbocycles. The van der Waals surface area contributed by atoms with Gasteiger partial charge in [-0.2, -0.15) is 0 Å². The zero-order chi connectivity index (χ0) is 15.6. The third-order valence-electron chi connectivity index (χ3n) is 2.84. The third-order valence-corrected chi connectivity index (χ3v) is 2.84. The molecule has 0 aliphatic heterocycles. The van der Waals surface area contributed by atoms with Crippen LogP contribution in [0.3, 0.4) is 0 Å². The summed E-state index contributed by atoms with van der Waals surface area (Å²) in [6.45, 7) is 0.229. The van der Waals surface area contributed by atoms with Gasteiger partial charge >= 0.3 is 6.09 Å². The number of benzene rings is 2. The minimum atomic E-state index is -0.528. The minimum Gasteiger partial charge on any atom is -0.444 e. The molecule has 0 radical (unpaired) electrons. The van der Waals surface area contributed by atoms with Crippen LogP contribution >= 0.6 is 0 Å². The summed E-state index contributed by atoms with van der Waals surface area (Å²) in [4.78, 5) is 11.8. The SMILES string of the molecule is O=C(Nc1ccccc1C#CCCO)OCc1ccccc1. The van der Waals surface area contributed by atoms with E-state index in [1.54, 1.807) is 12.1 Å². The van der Waals surface area contributed by atoms with Crippen LogP contribution < -0.4 is 5.32 Å². The van der Waals surface area contributed by atoms with Crippen molar-refractivity contribution >= 4 is 11.8 Å². The number of nitrogens with one attached hydrogen (secondary N) is 1. The van der Waals surface area contributed by atoms with E-state index in [2.05, 4.69) is 17.2 Å². The van der Waals surface area contributed by atoms with Gasteiger partial charge < -0.3 is 9.84 Å². The molecule has 2 aromatic rings. The van der Waals surface area contributed by atoms with Gasteiger partial charge in [0.05, 0.1) is 12.3 Å². The fraction of sp³-hybridized carbons (Fsp3) is 0.167. The zero-order valence-corrected chi connectivity index (χ0v) is 12.1. The molecule has 2 aromatic carbocycles. The van der Waals surface area contributed by atoms with Crippen molar-refractivity contribution in [3.8, 4) is 11.8 Å². The molecule has 0 spiro atoms. The first kappa shape index (κ1) is 15.6. The second-order valence-corrected chi connectivity index (χ2v) is 4.51. The Balaban J connectivity index is 1.95. The number of hydrogen-bond donors (Lipinski definition) is 2. The lowest BCUT2D eigenvalue weighted by Gasteiger charge is -2.08. The number of hydrogen-bond acceptors (Lipinski definition) is 3. The molecule has 22 heavy (non-hydrogen) atoms. The lowest BCUT2D eigenvalue weighted by molar-refractivity contribution is 0.155. The van der Waals surface area contributed by atoms with Crippen LogP contribution in [0.25, 0.3) is 0 Å². The number of carbonyl (C=O) groups excluding carboxylic acids is 1. The predicted octanol–water partition coefficient (Wildman–Crippen LogP) is 3.17. The molecular weight excluding hydrogens is 278 g/mol. The van der Waals surface area contributed by atoms with E-state index in [4.69, 9.17) is 9.84 Å². The number of ether oxygens (including phenoxy) is 1. The normalized spacial score (nSPS) is 9.50. The first-order valence-corrected chi connectivity index (χ1v) is 6.96. The number of para-hydroxylation sites is 1. The maximum atomic E-state index is 11.8. The summed E-state index contributed by atoms with van der Waals surface area (Å²) in [6.07, 6.45) is -0.132. The highest BCUT2D eigenvalue weighted by molar-refractivity contribution is 5.86. The van der Waals surface area contributed by atoms with Crippen molar-refractivity contribution in [2.45, 2.75) is 13.0 Å². The van der Waals surface area contributed by atoms with Gasteiger partial charge in [-0.25, -0.2) is 4.79 Å². The molecule has 0 bridgehead atoms. The maximum absolute atomic E-state index is 11.8. The van der Waals surface area contributed by atoms with Crippen LogP contribution in [-0.4, -0.2) is 17.8 Å². The summed E-state index contributed by atoms with van der Waals surface area (Å²) in [5, 5.41) is 11.4. The van der Waals surface area contributed by atoms with Crippen molar-refractivity contribution < 1.29 is 14.6 Å². The first-order chi connectivity index (χ1) is 10.8. The molecule has 0 aliphatic carbocycles. The van der Waals surface area contributed by atoms with Gasteiger partial charge in [0, 0.05) is 12.0 Å². The average Bonchev–Trinajstić information content (AvgIpc) is 2.56. The maximum Gasteiger partial charge on any atom is 0.411 e. The second kappa shape index (κ2) is 8.50. The predicted molar refractivity (Wildman–Crippen MR) is 85.3 cm³/mol. The molecule has 0 atom stereocenters. The Morgan fingerprint density at radius 1 is 1.09 bits per heavy atom. The van der Waals surface area contributed by atoms with Crippen LogP contribution in [0.2, 0.25) is 0 Å². The van der Waals surface area contributed by atoms with E-state index in [1.165, 1.54) is 0 Å². The summed E-state index contributed by atoms with van der Waals surface area (Å²) in [5.74, 6) is 5.74. The fourth-order valence-corrected chi connectivity index (χ4v) is 1.78. The number of rotatable bonds is 4. The number of aliphatic hydroxyl groups excluding tert-OH is 1. The Hall–Kier alpha value is -2.77. The van der Waals surface area contributed by atoms with E-state index in [0.717, 1.165) is 5.56 Å². The summed E-state index contributed by atoms with van der Waals surface area (Å²) in [5.41, 5.74) is 2.20.